The minimum atomic E-state index is -0.194. The van der Waals surface area contributed by atoms with Gasteiger partial charge in [-0.1, -0.05) is 19.1 Å². The highest BCUT2D eigenvalue weighted by Crippen LogP contribution is 2.22. The lowest BCUT2D eigenvalue weighted by Gasteiger charge is -2.23. The van der Waals surface area contributed by atoms with Gasteiger partial charge in [-0.3, -0.25) is 4.98 Å². The van der Waals surface area contributed by atoms with Crippen molar-refractivity contribution >= 4 is 0 Å². The molecule has 1 N–H and O–H groups in total. The maximum Gasteiger partial charge on any atom is 0.123 e. The van der Waals surface area contributed by atoms with Crippen LogP contribution in [-0.2, 0) is 0 Å². The predicted molar refractivity (Wildman–Crippen MR) is 75.2 cm³/mol. The molecular formula is C16H19FN2. The molecule has 2 aromatic rings. The summed E-state index contributed by atoms with van der Waals surface area (Å²) in [5.74, 6) is -0.194. The molecule has 0 aliphatic heterocycles. The molecule has 2 rings (SSSR count). The summed E-state index contributed by atoms with van der Waals surface area (Å²) in [6.07, 6.45) is 4.56. The van der Waals surface area contributed by atoms with Crippen LogP contribution in [0.15, 0.2) is 48.8 Å². The lowest BCUT2D eigenvalue weighted by Crippen LogP contribution is -2.24. The van der Waals surface area contributed by atoms with Gasteiger partial charge in [0.25, 0.3) is 0 Å². The van der Waals surface area contributed by atoms with Crippen molar-refractivity contribution in [2.75, 3.05) is 0 Å². The summed E-state index contributed by atoms with van der Waals surface area (Å²) in [5.41, 5.74) is 2.32. The third kappa shape index (κ3) is 3.61. The molecule has 0 bridgehead atoms. The SMILES string of the molecule is CCC(N[C@H](C)c1ccncc1)c1ccc(F)cc1. The largest absolute Gasteiger partial charge is 0.303 e. The van der Waals surface area contributed by atoms with Gasteiger partial charge in [0.2, 0.25) is 0 Å². The summed E-state index contributed by atoms with van der Waals surface area (Å²) in [6, 6.07) is 11.2. The van der Waals surface area contributed by atoms with Crippen LogP contribution in [0.5, 0.6) is 0 Å². The molecule has 1 heterocycles. The average molecular weight is 258 g/mol. The van der Waals surface area contributed by atoms with Gasteiger partial charge in [-0.2, -0.15) is 0 Å². The van der Waals surface area contributed by atoms with Gasteiger partial charge in [0.05, 0.1) is 0 Å². The van der Waals surface area contributed by atoms with E-state index in [1.54, 1.807) is 12.4 Å². The van der Waals surface area contributed by atoms with Crippen LogP contribution in [0.2, 0.25) is 0 Å². The summed E-state index contributed by atoms with van der Waals surface area (Å²) in [4.78, 5) is 4.03. The summed E-state index contributed by atoms with van der Waals surface area (Å²) < 4.78 is 13.0. The molecule has 0 aliphatic rings. The molecule has 0 aliphatic carbocycles. The number of hydrogen-bond donors (Lipinski definition) is 1. The topological polar surface area (TPSA) is 24.9 Å². The van der Waals surface area contributed by atoms with E-state index in [1.807, 2.05) is 24.3 Å². The normalized spacial score (nSPS) is 14.1. The van der Waals surface area contributed by atoms with Crippen LogP contribution in [0, 0.1) is 5.82 Å². The van der Waals surface area contributed by atoms with Crippen LogP contribution in [0.4, 0.5) is 4.39 Å². The molecule has 0 saturated carbocycles. The average Bonchev–Trinajstić information content (AvgIpc) is 2.46. The first-order chi connectivity index (χ1) is 9.20. The van der Waals surface area contributed by atoms with E-state index in [9.17, 15) is 4.39 Å². The minimum Gasteiger partial charge on any atom is -0.303 e. The molecular weight excluding hydrogens is 239 g/mol. The van der Waals surface area contributed by atoms with Crippen LogP contribution in [0.1, 0.15) is 43.5 Å². The third-order valence-electron chi connectivity index (χ3n) is 3.34. The quantitative estimate of drug-likeness (QED) is 0.876. The van der Waals surface area contributed by atoms with Crippen LogP contribution in [0.3, 0.4) is 0 Å². The van der Waals surface area contributed by atoms with E-state index < -0.39 is 0 Å². The van der Waals surface area contributed by atoms with Gasteiger partial charge in [-0.25, -0.2) is 4.39 Å². The highest BCUT2D eigenvalue weighted by molar-refractivity contribution is 5.21. The highest BCUT2D eigenvalue weighted by atomic mass is 19.1. The van der Waals surface area contributed by atoms with Gasteiger partial charge in [0.15, 0.2) is 0 Å². The molecule has 100 valence electrons. The molecule has 3 heteroatoms. The number of hydrogen-bond acceptors (Lipinski definition) is 2. The lowest BCUT2D eigenvalue weighted by molar-refractivity contribution is 0.455. The van der Waals surface area contributed by atoms with Crippen molar-refractivity contribution in [3.05, 3.63) is 65.7 Å². The van der Waals surface area contributed by atoms with Crippen molar-refractivity contribution in [3.8, 4) is 0 Å². The fourth-order valence-corrected chi connectivity index (χ4v) is 2.19. The smallest absolute Gasteiger partial charge is 0.123 e. The molecule has 0 amide bonds. The number of halogens is 1. The minimum absolute atomic E-state index is 0.194. The van der Waals surface area contributed by atoms with Gasteiger partial charge in [0.1, 0.15) is 5.82 Å². The Kier molecular flexibility index (Phi) is 4.63. The molecule has 0 radical (unpaired) electrons. The van der Waals surface area contributed by atoms with Gasteiger partial charge in [-0.05, 0) is 48.7 Å². The molecule has 1 aromatic heterocycles. The van der Waals surface area contributed by atoms with Crippen LogP contribution >= 0.6 is 0 Å². The summed E-state index contributed by atoms with van der Waals surface area (Å²) in [7, 11) is 0. The lowest BCUT2D eigenvalue weighted by atomic mass is 10.0. The number of benzene rings is 1. The fraction of sp³-hybridized carbons (Fsp3) is 0.312. The number of nitrogens with zero attached hydrogens (tertiary/aromatic N) is 1. The van der Waals surface area contributed by atoms with Crippen LogP contribution < -0.4 is 5.32 Å². The van der Waals surface area contributed by atoms with Crippen molar-refractivity contribution in [1.29, 1.82) is 0 Å². The zero-order chi connectivity index (χ0) is 13.7. The second-order valence-electron chi connectivity index (χ2n) is 4.68. The Hall–Kier alpha value is -1.74. The molecule has 1 unspecified atom stereocenters. The Labute approximate surface area is 113 Å². The fourth-order valence-electron chi connectivity index (χ4n) is 2.19. The van der Waals surface area contributed by atoms with E-state index in [1.165, 1.54) is 17.7 Å². The number of pyridine rings is 1. The van der Waals surface area contributed by atoms with E-state index in [-0.39, 0.29) is 17.9 Å². The molecule has 19 heavy (non-hydrogen) atoms. The van der Waals surface area contributed by atoms with E-state index >= 15 is 0 Å². The van der Waals surface area contributed by atoms with Crippen LogP contribution in [0.25, 0.3) is 0 Å². The van der Waals surface area contributed by atoms with Crippen molar-refractivity contribution in [1.82, 2.24) is 10.3 Å². The summed E-state index contributed by atoms with van der Waals surface area (Å²) >= 11 is 0. The monoisotopic (exact) mass is 258 g/mol. The Morgan fingerprint density at radius 3 is 2.26 bits per heavy atom. The van der Waals surface area contributed by atoms with Gasteiger partial charge < -0.3 is 5.32 Å². The van der Waals surface area contributed by atoms with Gasteiger partial charge >= 0.3 is 0 Å². The second-order valence-corrected chi connectivity index (χ2v) is 4.68. The van der Waals surface area contributed by atoms with Crippen molar-refractivity contribution in [3.63, 3.8) is 0 Å². The number of nitrogens with one attached hydrogen (secondary N) is 1. The first-order valence-corrected chi connectivity index (χ1v) is 6.62. The van der Waals surface area contributed by atoms with E-state index in [0.29, 0.717) is 0 Å². The van der Waals surface area contributed by atoms with E-state index in [2.05, 4.69) is 24.1 Å². The van der Waals surface area contributed by atoms with Crippen molar-refractivity contribution in [2.24, 2.45) is 0 Å². The van der Waals surface area contributed by atoms with Gasteiger partial charge in [-0.15, -0.1) is 0 Å². The molecule has 1 aromatic carbocycles. The third-order valence-corrected chi connectivity index (χ3v) is 3.34. The van der Waals surface area contributed by atoms with Crippen LogP contribution in [-0.4, -0.2) is 4.98 Å². The first kappa shape index (κ1) is 13.7. The number of rotatable bonds is 5. The Balaban J connectivity index is 2.09. The van der Waals surface area contributed by atoms with Crippen molar-refractivity contribution in [2.45, 2.75) is 32.4 Å². The molecule has 0 fully saturated rings. The summed E-state index contributed by atoms with van der Waals surface area (Å²) in [6.45, 7) is 4.25. The van der Waals surface area contributed by atoms with E-state index in [4.69, 9.17) is 0 Å². The Morgan fingerprint density at radius 1 is 1.05 bits per heavy atom. The molecule has 0 saturated heterocycles. The zero-order valence-electron chi connectivity index (χ0n) is 11.3. The van der Waals surface area contributed by atoms with Crippen molar-refractivity contribution < 1.29 is 4.39 Å². The predicted octanol–water partition coefficient (Wildman–Crippen LogP) is 4.02. The zero-order valence-corrected chi connectivity index (χ0v) is 11.3. The van der Waals surface area contributed by atoms with Gasteiger partial charge in [0, 0.05) is 24.5 Å². The maximum absolute atomic E-state index is 13.0. The summed E-state index contributed by atoms with van der Waals surface area (Å²) in [5, 5.41) is 3.57. The molecule has 0 spiro atoms. The maximum atomic E-state index is 13.0. The molecule has 2 nitrogen and oxygen atoms in total. The molecule has 2 atom stereocenters. The second kappa shape index (κ2) is 6.43. The Bertz CT molecular complexity index is 496. The Morgan fingerprint density at radius 2 is 1.68 bits per heavy atom. The highest BCUT2D eigenvalue weighted by Gasteiger charge is 2.13. The first-order valence-electron chi connectivity index (χ1n) is 6.62. The standard InChI is InChI=1S/C16H19FN2/c1-3-16(14-4-6-15(17)7-5-14)19-12(2)13-8-10-18-11-9-13/h4-12,16,19H,3H2,1-2H3/t12-,16?/m1/s1. The van der Waals surface area contributed by atoms with E-state index in [0.717, 1.165) is 12.0 Å². The number of aromatic nitrogens is 1.